The third-order valence-electron chi connectivity index (χ3n) is 4.86. The zero-order valence-electron chi connectivity index (χ0n) is 19.3. The van der Waals surface area contributed by atoms with Crippen molar-refractivity contribution in [3.8, 4) is 17.2 Å². The Labute approximate surface area is 202 Å². The van der Waals surface area contributed by atoms with Gasteiger partial charge in [0, 0.05) is 12.7 Å². The predicted molar refractivity (Wildman–Crippen MR) is 130 cm³/mol. The molecule has 1 saturated heterocycles. The first-order valence-electron chi connectivity index (χ1n) is 10.4. The Hall–Kier alpha value is -3.50. The molecule has 1 N–H and O–H groups in total. The van der Waals surface area contributed by atoms with E-state index in [9.17, 15) is 14.7 Å². The lowest BCUT2D eigenvalue weighted by atomic mass is 10.1. The summed E-state index contributed by atoms with van der Waals surface area (Å²) >= 11 is 1.21. The smallest absolute Gasteiger partial charge is 0.344 e. The minimum atomic E-state index is -1.12. The number of aliphatic carboxylic acids is 1. The molecule has 1 amide bonds. The van der Waals surface area contributed by atoms with Crippen LogP contribution in [0, 0.1) is 0 Å². The topological polar surface area (TPSA) is 107 Å². The van der Waals surface area contributed by atoms with Crippen molar-refractivity contribution in [2.45, 2.75) is 13.0 Å². The molecule has 1 aliphatic rings. The van der Waals surface area contributed by atoms with Crippen LogP contribution in [-0.2, 0) is 14.3 Å². The van der Waals surface area contributed by atoms with Crippen LogP contribution in [0.3, 0.4) is 0 Å². The van der Waals surface area contributed by atoms with Gasteiger partial charge in [0.2, 0.25) is 0 Å². The first-order chi connectivity index (χ1) is 16.4. The van der Waals surface area contributed by atoms with E-state index >= 15 is 0 Å². The number of carboxylic acids is 1. The summed E-state index contributed by atoms with van der Waals surface area (Å²) in [7, 11) is 4.62. The van der Waals surface area contributed by atoms with Gasteiger partial charge in [-0.05, 0) is 55.1 Å². The molecule has 1 heterocycles. The predicted octanol–water partition coefficient (Wildman–Crippen LogP) is 3.81. The molecule has 1 fully saturated rings. The maximum absolute atomic E-state index is 13.2. The summed E-state index contributed by atoms with van der Waals surface area (Å²) in [5.74, 6) is -0.0482. The Kier molecular flexibility index (Phi) is 8.55. The lowest BCUT2D eigenvalue weighted by molar-refractivity contribution is -0.144. The van der Waals surface area contributed by atoms with Gasteiger partial charge in [0.1, 0.15) is 5.75 Å². The summed E-state index contributed by atoms with van der Waals surface area (Å²) in [6.07, 6.45) is 0.543. The van der Waals surface area contributed by atoms with E-state index in [1.165, 1.54) is 25.8 Å². The van der Waals surface area contributed by atoms with Crippen molar-refractivity contribution in [3.63, 3.8) is 0 Å². The molecule has 2 aromatic rings. The second-order valence-corrected chi connectivity index (χ2v) is 8.14. The van der Waals surface area contributed by atoms with Crippen LogP contribution in [0.25, 0.3) is 6.08 Å². The van der Waals surface area contributed by atoms with Gasteiger partial charge in [-0.1, -0.05) is 12.1 Å². The SMILES string of the molecule is COCCN1C(=O)/C(=C/c2cccc(OC)c2O[C@@H](C)C(=O)O)SC1=Nc1ccc(OC)cc1. The van der Waals surface area contributed by atoms with Crippen molar-refractivity contribution in [2.24, 2.45) is 4.99 Å². The van der Waals surface area contributed by atoms with Crippen LogP contribution >= 0.6 is 11.8 Å². The fourth-order valence-electron chi connectivity index (χ4n) is 3.04. The largest absolute Gasteiger partial charge is 0.497 e. The standard InChI is InChI=1S/C24H26N2O7S/c1-15(23(28)29)33-21-16(6-5-7-19(21)32-4)14-20-22(27)26(12-13-30-2)24(34-20)25-17-8-10-18(31-3)11-9-17/h5-11,14-15H,12-13H2,1-4H3,(H,28,29)/b20-14-,25-24?/t15-/m0/s1. The van der Waals surface area contributed by atoms with Gasteiger partial charge in [0.25, 0.3) is 5.91 Å². The fourth-order valence-corrected chi connectivity index (χ4v) is 4.06. The van der Waals surface area contributed by atoms with Crippen molar-refractivity contribution in [1.82, 2.24) is 4.90 Å². The van der Waals surface area contributed by atoms with Gasteiger partial charge in [0.05, 0.1) is 38.0 Å². The molecule has 0 aromatic heterocycles. The number of nitrogens with zero attached hydrogens (tertiary/aromatic N) is 2. The molecule has 34 heavy (non-hydrogen) atoms. The number of ether oxygens (including phenoxy) is 4. The number of para-hydroxylation sites is 1. The second-order valence-electron chi connectivity index (χ2n) is 7.13. The van der Waals surface area contributed by atoms with Crippen molar-refractivity contribution in [3.05, 3.63) is 52.9 Å². The van der Waals surface area contributed by atoms with Crippen LogP contribution < -0.4 is 14.2 Å². The van der Waals surface area contributed by atoms with Crippen molar-refractivity contribution in [2.75, 3.05) is 34.5 Å². The Morgan fingerprint density at radius 1 is 1.15 bits per heavy atom. The number of hydrogen-bond donors (Lipinski definition) is 1. The Morgan fingerprint density at radius 3 is 2.50 bits per heavy atom. The van der Waals surface area contributed by atoms with Gasteiger partial charge in [-0.2, -0.15) is 0 Å². The molecular weight excluding hydrogens is 460 g/mol. The number of amides is 1. The number of carbonyl (C=O) groups is 2. The monoisotopic (exact) mass is 486 g/mol. The van der Waals surface area contributed by atoms with Crippen LogP contribution in [0.2, 0.25) is 0 Å². The molecule has 2 aromatic carbocycles. The summed E-state index contributed by atoms with van der Waals surface area (Å²) in [6.45, 7) is 2.09. The highest BCUT2D eigenvalue weighted by Gasteiger charge is 2.33. The van der Waals surface area contributed by atoms with Crippen molar-refractivity contribution >= 4 is 40.6 Å². The number of carboxylic acid groups (broad SMARTS) is 1. The maximum Gasteiger partial charge on any atom is 0.344 e. The first kappa shape index (κ1) is 25.1. The van der Waals surface area contributed by atoms with Crippen molar-refractivity contribution in [1.29, 1.82) is 0 Å². The number of aliphatic imine (C=N–C) groups is 1. The van der Waals surface area contributed by atoms with E-state index in [-0.39, 0.29) is 11.7 Å². The van der Waals surface area contributed by atoms with Crippen LogP contribution in [0.5, 0.6) is 17.2 Å². The second kappa shape index (κ2) is 11.6. The molecule has 1 atom stereocenters. The zero-order valence-corrected chi connectivity index (χ0v) is 20.1. The molecule has 0 aliphatic carbocycles. The van der Waals surface area contributed by atoms with Gasteiger partial charge >= 0.3 is 5.97 Å². The van der Waals surface area contributed by atoms with Crippen LogP contribution in [0.1, 0.15) is 12.5 Å². The molecule has 0 spiro atoms. The molecule has 0 bridgehead atoms. The zero-order chi connectivity index (χ0) is 24.7. The molecular formula is C24H26N2O7S. The molecule has 0 unspecified atom stereocenters. The van der Waals surface area contributed by atoms with Crippen LogP contribution in [0.4, 0.5) is 5.69 Å². The Bertz CT molecular complexity index is 1100. The highest BCUT2D eigenvalue weighted by Crippen LogP contribution is 2.38. The number of thioether (sulfide) groups is 1. The van der Waals surface area contributed by atoms with E-state index in [4.69, 9.17) is 18.9 Å². The average Bonchev–Trinajstić information content (AvgIpc) is 3.12. The number of methoxy groups -OCH3 is 3. The van der Waals surface area contributed by atoms with E-state index in [0.29, 0.717) is 46.0 Å². The number of benzene rings is 2. The van der Waals surface area contributed by atoms with E-state index in [1.807, 2.05) is 0 Å². The third-order valence-corrected chi connectivity index (χ3v) is 5.87. The van der Waals surface area contributed by atoms with Gasteiger partial charge in [-0.15, -0.1) is 0 Å². The quantitative estimate of drug-likeness (QED) is 0.506. The van der Waals surface area contributed by atoms with Crippen LogP contribution in [0.15, 0.2) is 52.4 Å². The molecule has 1 aliphatic heterocycles. The number of hydrogen-bond acceptors (Lipinski definition) is 8. The highest BCUT2D eigenvalue weighted by atomic mass is 32.2. The number of carbonyl (C=O) groups excluding carboxylic acids is 1. The fraction of sp³-hybridized carbons (Fsp3) is 0.292. The molecule has 10 heteroatoms. The van der Waals surface area contributed by atoms with Gasteiger partial charge < -0.3 is 24.1 Å². The first-order valence-corrected chi connectivity index (χ1v) is 11.2. The Morgan fingerprint density at radius 2 is 1.88 bits per heavy atom. The summed E-state index contributed by atoms with van der Waals surface area (Å²) < 4.78 is 21.3. The van der Waals surface area contributed by atoms with E-state index < -0.39 is 12.1 Å². The summed E-state index contributed by atoms with van der Waals surface area (Å²) in [6, 6.07) is 12.3. The minimum absolute atomic E-state index is 0.241. The maximum atomic E-state index is 13.2. The molecule has 180 valence electrons. The van der Waals surface area contributed by atoms with Gasteiger partial charge in [0.15, 0.2) is 22.8 Å². The summed E-state index contributed by atoms with van der Waals surface area (Å²) in [4.78, 5) is 31.1. The normalized spacial score (nSPS) is 16.7. The van der Waals surface area contributed by atoms with E-state index in [2.05, 4.69) is 4.99 Å². The minimum Gasteiger partial charge on any atom is -0.497 e. The van der Waals surface area contributed by atoms with Gasteiger partial charge in [-0.3, -0.25) is 9.69 Å². The number of amidine groups is 1. The summed E-state index contributed by atoms with van der Waals surface area (Å²) in [5, 5.41) is 9.77. The van der Waals surface area contributed by atoms with E-state index in [1.54, 1.807) is 67.7 Å². The third kappa shape index (κ3) is 5.89. The lowest BCUT2D eigenvalue weighted by Gasteiger charge is -2.16. The molecule has 0 saturated carbocycles. The molecule has 3 rings (SSSR count). The summed E-state index contributed by atoms with van der Waals surface area (Å²) in [5.41, 5.74) is 1.18. The highest BCUT2D eigenvalue weighted by molar-refractivity contribution is 8.18. The Balaban J connectivity index is 1.99. The van der Waals surface area contributed by atoms with Crippen LogP contribution in [-0.4, -0.2) is 67.6 Å². The number of rotatable bonds is 10. The molecule has 0 radical (unpaired) electrons. The van der Waals surface area contributed by atoms with Gasteiger partial charge in [-0.25, -0.2) is 9.79 Å². The van der Waals surface area contributed by atoms with E-state index in [0.717, 1.165) is 0 Å². The molecule has 9 nitrogen and oxygen atoms in total. The average molecular weight is 487 g/mol. The lowest BCUT2D eigenvalue weighted by Crippen LogP contribution is -2.32. The van der Waals surface area contributed by atoms with Crippen molar-refractivity contribution < 1.29 is 33.6 Å².